The molecular weight excluding hydrogens is 368 g/mol. The zero-order valence-electron chi connectivity index (χ0n) is 15.0. The molecule has 0 radical (unpaired) electrons. The average molecular weight is 388 g/mol. The molecule has 0 saturated carbocycles. The normalized spacial score (nSPS) is 10.6. The summed E-state index contributed by atoms with van der Waals surface area (Å²) in [5.41, 5.74) is 1.20. The fraction of sp³-hybridized carbons (Fsp3) is 0.278. The molecule has 8 nitrogen and oxygen atoms in total. The number of aromatic amines is 1. The number of hydrogen-bond donors (Lipinski definition) is 3. The van der Waals surface area contributed by atoms with Gasteiger partial charge in [-0.15, -0.1) is 11.3 Å². The molecular formula is C18H20N4O4S. The van der Waals surface area contributed by atoms with Gasteiger partial charge in [-0.1, -0.05) is 0 Å². The summed E-state index contributed by atoms with van der Waals surface area (Å²) in [6.07, 6.45) is 2.46. The minimum Gasteiger partial charge on any atom is -0.493 e. The molecule has 3 N–H and O–H groups in total. The number of hydrogen-bond acceptors (Lipinski definition) is 6. The summed E-state index contributed by atoms with van der Waals surface area (Å²) in [6.45, 7) is 0.389. The SMILES string of the molecule is COc1ccc2[nH]c(C(=O)NCCCC(=O)Nc3nccs3)cc2c1OC. The number of anilines is 1. The van der Waals surface area contributed by atoms with Crippen LogP contribution < -0.4 is 20.1 Å². The molecule has 0 aliphatic heterocycles. The maximum atomic E-state index is 12.3. The van der Waals surface area contributed by atoms with Crippen LogP contribution in [-0.2, 0) is 4.79 Å². The van der Waals surface area contributed by atoms with Crippen LogP contribution in [0, 0.1) is 0 Å². The molecule has 27 heavy (non-hydrogen) atoms. The van der Waals surface area contributed by atoms with Gasteiger partial charge in [0.15, 0.2) is 16.6 Å². The maximum Gasteiger partial charge on any atom is 0.267 e. The van der Waals surface area contributed by atoms with Crippen molar-refractivity contribution in [3.8, 4) is 11.5 Å². The van der Waals surface area contributed by atoms with Crippen LogP contribution in [0.15, 0.2) is 29.8 Å². The molecule has 0 aliphatic carbocycles. The lowest BCUT2D eigenvalue weighted by molar-refractivity contribution is -0.116. The number of benzene rings is 1. The van der Waals surface area contributed by atoms with Gasteiger partial charge in [0.05, 0.1) is 19.7 Å². The first kappa shape index (κ1) is 18.7. The van der Waals surface area contributed by atoms with Crippen LogP contribution in [0.2, 0.25) is 0 Å². The van der Waals surface area contributed by atoms with Crippen molar-refractivity contribution in [3.05, 3.63) is 35.5 Å². The van der Waals surface area contributed by atoms with Crippen LogP contribution in [0.4, 0.5) is 5.13 Å². The molecule has 0 saturated heterocycles. The number of carbonyl (C=O) groups is 2. The summed E-state index contributed by atoms with van der Waals surface area (Å²) >= 11 is 1.36. The molecule has 3 aromatic rings. The molecule has 3 rings (SSSR count). The number of H-pyrrole nitrogens is 1. The van der Waals surface area contributed by atoms with Crippen LogP contribution in [-0.4, -0.2) is 42.5 Å². The lowest BCUT2D eigenvalue weighted by atomic mass is 10.2. The van der Waals surface area contributed by atoms with Crippen LogP contribution in [0.5, 0.6) is 11.5 Å². The van der Waals surface area contributed by atoms with Gasteiger partial charge in [0, 0.05) is 29.9 Å². The number of aromatic nitrogens is 2. The Morgan fingerprint density at radius 2 is 2.11 bits per heavy atom. The lowest BCUT2D eigenvalue weighted by Gasteiger charge is -2.07. The van der Waals surface area contributed by atoms with Crippen molar-refractivity contribution in [2.24, 2.45) is 0 Å². The van der Waals surface area contributed by atoms with Crippen molar-refractivity contribution in [2.75, 3.05) is 26.1 Å². The third-order valence-corrected chi connectivity index (χ3v) is 4.62. The Bertz CT molecular complexity index is 936. The van der Waals surface area contributed by atoms with E-state index in [0.717, 1.165) is 10.9 Å². The van der Waals surface area contributed by atoms with Crippen molar-refractivity contribution in [2.45, 2.75) is 12.8 Å². The van der Waals surface area contributed by atoms with Crippen LogP contribution in [0.3, 0.4) is 0 Å². The van der Waals surface area contributed by atoms with Crippen molar-refractivity contribution in [1.82, 2.24) is 15.3 Å². The zero-order valence-corrected chi connectivity index (χ0v) is 15.8. The van der Waals surface area contributed by atoms with E-state index in [4.69, 9.17) is 9.47 Å². The topological polar surface area (TPSA) is 105 Å². The first-order chi connectivity index (χ1) is 13.1. The highest BCUT2D eigenvalue weighted by atomic mass is 32.1. The molecule has 2 aromatic heterocycles. The Balaban J connectivity index is 1.54. The fourth-order valence-corrected chi connectivity index (χ4v) is 3.21. The molecule has 0 spiro atoms. The molecule has 0 bridgehead atoms. The number of nitrogens with zero attached hydrogens (tertiary/aromatic N) is 1. The van der Waals surface area contributed by atoms with E-state index < -0.39 is 0 Å². The third-order valence-electron chi connectivity index (χ3n) is 3.93. The second-order valence-corrected chi connectivity index (χ2v) is 6.58. The third kappa shape index (κ3) is 4.37. The van der Waals surface area contributed by atoms with Gasteiger partial charge >= 0.3 is 0 Å². The summed E-state index contributed by atoms with van der Waals surface area (Å²) in [4.78, 5) is 31.2. The predicted molar refractivity (Wildman–Crippen MR) is 104 cm³/mol. The maximum absolute atomic E-state index is 12.3. The fourth-order valence-electron chi connectivity index (χ4n) is 2.66. The summed E-state index contributed by atoms with van der Waals surface area (Å²) in [5.74, 6) is 0.806. The van der Waals surface area contributed by atoms with Gasteiger partial charge in [0.2, 0.25) is 5.91 Å². The number of nitrogens with one attached hydrogen (secondary N) is 3. The van der Waals surface area contributed by atoms with Crippen LogP contribution in [0.1, 0.15) is 23.3 Å². The van der Waals surface area contributed by atoms with E-state index >= 15 is 0 Å². The molecule has 0 unspecified atom stereocenters. The number of fused-ring (bicyclic) bond motifs is 1. The predicted octanol–water partition coefficient (Wildman–Crippen LogP) is 2.79. The summed E-state index contributed by atoms with van der Waals surface area (Å²) in [5, 5.41) is 8.65. The molecule has 1 aromatic carbocycles. The van der Waals surface area contributed by atoms with Gasteiger partial charge in [-0.05, 0) is 24.6 Å². The molecule has 2 heterocycles. The molecule has 142 valence electrons. The van der Waals surface area contributed by atoms with Gasteiger partial charge in [-0.2, -0.15) is 0 Å². The van der Waals surface area contributed by atoms with Crippen LogP contribution in [0.25, 0.3) is 10.9 Å². The zero-order chi connectivity index (χ0) is 19.2. The Morgan fingerprint density at radius 3 is 2.81 bits per heavy atom. The van der Waals surface area contributed by atoms with E-state index in [0.29, 0.717) is 41.7 Å². The van der Waals surface area contributed by atoms with E-state index in [9.17, 15) is 9.59 Å². The highest BCUT2D eigenvalue weighted by molar-refractivity contribution is 7.13. The van der Waals surface area contributed by atoms with E-state index in [1.54, 1.807) is 37.9 Å². The monoisotopic (exact) mass is 388 g/mol. The Hall–Kier alpha value is -3.07. The number of thiazole rings is 1. The summed E-state index contributed by atoms with van der Waals surface area (Å²) < 4.78 is 10.7. The van der Waals surface area contributed by atoms with Crippen molar-refractivity contribution in [3.63, 3.8) is 0 Å². The van der Waals surface area contributed by atoms with E-state index in [2.05, 4.69) is 20.6 Å². The van der Waals surface area contributed by atoms with E-state index in [1.165, 1.54) is 11.3 Å². The Labute approximate surface area is 159 Å². The Kier molecular flexibility index (Phi) is 5.92. The average Bonchev–Trinajstić information content (AvgIpc) is 3.33. The second-order valence-electron chi connectivity index (χ2n) is 5.69. The van der Waals surface area contributed by atoms with E-state index in [-0.39, 0.29) is 11.8 Å². The standard InChI is InChI=1S/C18H20N4O4S/c1-25-14-6-5-12-11(16(14)26-2)10-13(21-12)17(24)19-7-3-4-15(23)22-18-20-8-9-27-18/h5-6,8-10,21H,3-4,7H2,1-2H3,(H,19,24)(H,20,22,23). The quantitative estimate of drug-likeness (QED) is 0.515. The van der Waals surface area contributed by atoms with Crippen molar-refractivity contribution >= 4 is 39.2 Å². The van der Waals surface area contributed by atoms with E-state index in [1.807, 2.05) is 6.07 Å². The lowest BCUT2D eigenvalue weighted by Crippen LogP contribution is -2.25. The van der Waals surface area contributed by atoms with Gasteiger partial charge in [-0.25, -0.2) is 4.98 Å². The number of ether oxygens (including phenoxy) is 2. The van der Waals surface area contributed by atoms with Gasteiger partial charge in [0.25, 0.3) is 5.91 Å². The number of rotatable bonds is 8. The molecule has 9 heteroatoms. The number of amides is 2. The summed E-state index contributed by atoms with van der Waals surface area (Å²) in [7, 11) is 3.12. The minimum atomic E-state index is -0.243. The number of carbonyl (C=O) groups excluding carboxylic acids is 2. The largest absolute Gasteiger partial charge is 0.493 e. The number of methoxy groups -OCH3 is 2. The van der Waals surface area contributed by atoms with Crippen molar-refractivity contribution in [1.29, 1.82) is 0 Å². The smallest absolute Gasteiger partial charge is 0.267 e. The molecule has 0 aliphatic rings. The minimum absolute atomic E-state index is 0.123. The highest BCUT2D eigenvalue weighted by Gasteiger charge is 2.15. The molecule has 0 atom stereocenters. The molecule has 0 fully saturated rings. The first-order valence-corrected chi connectivity index (χ1v) is 9.21. The van der Waals surface area contributed by atoms with Gasteiger partial charge in [-0.3, -0.25) is 9.59 Å². The highest BCUT2D eigenvalue weighted by Crippen LogP contribution is 2.35. The Morgan fingerprint density at radius 1 is 1.26 bits per heavy atom. The first-order valence-electron chi connectivity index (χ1n) is 8.33. The van der Waals surface area contributed by atoms with Crippen molar-refractivity contribution < 1.29 is 19.1 Å². The second kappa shape index (κ2) is 8.54. The summed E-state index contributed by atoms with van der Waals surface area (Å²) in [6, 6.07) is 5.33. The van der Waals surface area contributed by atoms with Crippen LogP contribution >= 0.6 is 11.3 Å². The van der Waals surface area contributed by atoms with Gasteiger partial charge < -0.3 is 25.1 Å². The van der Waals surface area contributed by atoms with Gasteiger partial charge in [0.1, 0.15) is 5.69 Å². The molecule has 2 amide bonds.